The van der Waals surface area contributed by atoms with E-state index in [1.54, 1.807) is 0 Å². The van der Waals surface area contributed by atoms with Crippen molar-refractivity contribution >= 4 is 22.5 Å². The van der Waals surface area contributed by atoms with Crippen molar-refractivity contribution in [3.05, 3.63) is 70.4 Å². The molecule has 0 fully saturated rings. The Morgan fingerprint density at radius 2 is 1.74 bits per heavy atom. The molecule has 0 saturated carbocycles. The zero-order chi connectivity index (χ0) is 16.4. The number of fused-ring (bicyclic) bond motifs is 1. The van der Waals surface area contributed by atoms with Gasteiger partial charge in [-0.05, 0) is 35.4 Å². The van der Waals surface area contributed by atoms with Crippen LogP contribution in [0.25, 0.3) is 10.9 Å². The second kappa shape index (κ2) is 6.26. The van der Waals surface area contributed by atoms with Crippen molar-refractivity contribution in [3.8, 4) is 0 Å². The topological polar surface area (TPSA) is 27.8 Å². The molecule has 0 radical (unpaired) electrons. The van der Waals surface area contributed by atoms with E-state index in [-0.39, 0.29) is 6.54 Å². The molecule has 0 aliphatic carbocycles. The number of para-hydroxylation sites is 1. The van der Waals surface area contributed by atoms with Crippen LogP contribution in [0.4, 0.5) is 13.2 Å². The first kappa shape index (κ1) is 15.9. The van der Waals surface area contributed by atoms with Crippen LogP contribution in [0, 0.1) is 0 Å². The highest BCUT2D eigenvalue weighted by molar-refractivity contribution is 6.31. The van der Waals surface area contributed by atoms with Gasteiger partial charge in [0.2, 0.25) is 0 Å². The van der Waals surface area contributed by atoms with E-state index in [1.165, 1.54) is 6.07 Å². The number of aromatic amines is 1. The molecular formula is C17H14ClF3N2. The van der Waals surface area contributed by atoms with Gasteiger partial charge in [0.05, 0.1) is 5.56 Å². The molecule has 120 valence electrons. The number of H-pyrrole nitrogens is 1. The summed E-state index contributed by atoms with van der Waals surface area (Å²) in [6.45, 7) is 0.804. The normalized spacial score (nSPS) is 12.0. The van der Waals surface area contributed by atoms with Gasteiger partial charge >= 0.3 is 6.18 Å². The maximum atomic E-state index is 12.8. The molecule has 0 amide bonds. The van der Waals surface area contributed by atoms with Crippen molar-refractivity contribution < 1.29 is 13.2 Å². The maximum absolute atomic E-state index is 12.8. The summed E-state index contributed by atoms with van der Waals surface area (Å²) in [5.74, 6) is 0. The highest BCUT2D eigenvalue weighted by Gasteiger charge is 2.30. The van der Waals surface area contributed by atoms with Crippen LogP contribution in [0.15, 0.2) is 48.7 Å². The second-order valence-electron chi connectivity index (χ2n) is 5.27. The molecule has 23 heavy (non-hydrogen) atoms. The van der Waals surface area contributed by atoms with Crippen LogP contribution < -0.4 is 5.32 Å². The second-order valence-corrected chi connectivity index (χ2v) is 5.67. The molecule has 0 aliphatic heterocycles. The fourth-order valence-electron chi connectivity index (χ4n) is 2.50. The van der Waals surface area contributed by atoms with Crippen LogP contribution in [-0.4, -0.2) is 4.98 Å². The molecule has 3 rings (SSSR count). The van der Waals surface area contributed by atoms with Crippen molar-refractivity contribution in [3.63, 3.8) is 0 Å². The average Bonchev–Trinajstić information content (AvgIpc) is 2.91. The summed E-state index contributed by atoms with van der Waals surface area (Å²) in [7, 11) is 0. The third-order valence-corrected chi connectivity index (χ3v) is 4.05. The minimum Gasteiger partial charge on any atom is -0.361 e. The molecule has 2 N–H and O–H groups in total. The lowest BCUT2D eigenvalue weighted by molar-refractivity contribution is -0.137. The van der Waals surface area contributed by atoms with Gasteiger partial charge in [0.15, 0.2) is 0 Å². The number of nitrogens with one attached hydrogen (secondary N) is 2. The molecule has 2 nitrogen and oxygen atoms in total. The molecular weight excluding hydrogens is 325 g/mol. The fraction of sp³-hybridized carbons (Fsp3) is 0.176. The lowest BCUT2D eigenvalue weighted by Gasteiger charge is -2.11. The zero-order valence-electron chi connectivity index (χ0n) is 12.0. The minimum atomic E-state index is -4.36. The van der Waals surface area contributed by atoms with Gasteiger partial charge in [0.1, 0.15) is 0 Å². The highest BCUT2D eigenvalue weighted by atomic mass is 35.5. The number of halogens is 4. The third-order valence-electron chi connectivity index (χ3n) is 3.68. The summed E-state index contributed by atoms with van der Waals surface area (Å²) >= 11 is 5.99. The third kappa shape index (κ3) is 3.51. The van der Waals surface area contributed by atoms with E-state index in [2.05, 4.69) is 10.3 Å². The number of aromatic nitrogens is 1. The van der Waals surface area contributed by atoms with Crippen LogP contribution in [0.1, 0.15) is 16.7 Å². The summed E-state index contributed by atoms with van der Waals surface area (Å²) in [4.78, 5) is 3.16. The lowest BCUT2D eigenvalue weighted by atomic mass is 10.1. The quantitative estimate of drug-likeness (QED) is 0.678. The van der Waals surface area contributed by atoms with Crippen LogP contribution in [0.3, 0.4) is 0 Å². The molecule has 1 aromatic heterocycles. The molecule has 1 heterocycles. The van der Waals surface area contributed by atoms with E-state index in [0.29, 0.717) is 17.1 Å². The van der Waals surface area contributed by atoms with Gasteiger partial charge in [-0.15, -0.1) is 0 Å². The predicted octanol–water partition coefficient (Wildman–Crippen LogP) is 5.13. The predicted molar refractivity (Wildman–Crippen MR) is 85.3 cm³/mol. The Bertz CT molecular complexity index is 824. The van der Waals surface area contributed by atoms with Crippen molar-refractivity contribution in [2.45, 2.75) is 19.3 Å². The van der Waals surface area contributed by atoms with Gasteiger partial charge in [0.25, 0.3) is 0 Å². The van der Waals surface area contributed by atoms with Gasteiger partial charge < -0.3 is 10.3 Å². The van der Waals surface area contributed by atoms with E-state index in [9.17, 15) is 13.2 Å². The fourth-order valence-corrected chi connectivity index (χ4v) is 2.68. The Labute approximate surface area is 136 Å². The summed E-state index contributed by atoms with van der Waals surface area (Å²) in [5, 5.41) is 4.56. The van der Waals surface area contributed by atoms with Gasteiger partial charge in [-0.3, -0.25) is 0 Å². The summed E-state index contributed by atoms with van der Waals surface area (Å²) in [5.41, 5.74) is 1.83. The first-order valence-corrected chi connectivity index (χ1v) is 7.44. The van der Waals surface area contributed by atoms with E-state index in [1.807, 2.05) is 30.5 Å². The summed E-state index contributed by atoms with van der Waals surface area (Å²) < 4.78 is 38.3. The Hall–Kier alpha value is -1.98. The maximum Gasteiger partial charge on any atom is 0.416 e. The molecule has 3 aromatic rings. The van der Waals surface area contributed by atoms with E-state index in [4.69, 9.17) is 11.6 Å². The number of alkyl halides is 3. The van der Waals surface area contributed by atoms with Crippen molar-refractivity contribution in [1.29, 1.82) is 0 Å². The molecule has 0 spiro atoms. The van der Waals surface area contributed by atoms with Crippen LogP contribution >= 0.6 is 11.6 Å². The molecule has 2 aromatic carbocycles. The Morgan fingerprint density at radius 3 is 2.52 bits per heavy atom. The Balaban J connectivity index is 1.71. The smallest absolute Gasteiger partial charge is 0.361 e. The SMILES string of the molecule is FC(F)(F)c1ccc(Cl)c(CNCc2c[nH]c3ccccc23)c1. The zero-order valence-corrected chi connectivity index (χ0v) is 12.8. The van der Waals surface area contributed by atoms with Gasteiger partial charge in [-0.25, -0.2) is 0 Å². The van der Waals surface area contributed by atoms with Gasteiger partial charge in [-0.2, -0.15) is 13.2 Å². The highest BCUT2D eigenvalue weighted by Crippen LogP contribution is 2.31. The minimum absolute atomic E-state index is 0.266. The Morgan fingerprint density at radius 1 is 1.00 bits per heavy atom. The largest absolute Gasteiger partial charge is 0.416 e. The van der Waals surface area contributed by atoms with Crippen molar-refractivity contribution in [1.82, 2.24) is 10.3 Å². The van der Waals surface area contributed by atoms with Crippen molar-refractivity contribution in [2.75, 3.05) is 0 Å². The number of rotatable bonds is 4. The monoisotopic (exact) mass is 338 g/mol. The Kier molecular flexibility index (Phi) is 4.33. The van der Waals surface area contributed by atoms with E-state index in [0.717, 1.165) is 28.6 Å². The van der Waals surface area contributed by atoms with Crippen LogP contribution in [-0.2, 0) is 19.3 Å². The summed E-state index contributed by atoms with van der Waals surface area (Å²) in [6, 6.07) is 11.2. The van der Waals surface area contributed by atoms with E-state index >= 15 is 0 Å². The lowest BCUT2D eigenvalue weighted by Crippen LogP contribution is -2.14. The summed E-state index contributed by atoms with van der Waals surface area (Å²) in [6.07, 6.45) is -2.47. The molecule has 0 bridgehead atoms. The molecule has 0 unspecified atom stereocenters. The van der Waals surface area contributed by atoms with Gasteiger partial charge in [0, 0.05) is 35.2 Å². The molecule has 6 heteroatoms. The van der Waals surface area contributed by atoms with Gasteiger partial charge in [-0.1, -0.05) is 29.8 Å². The molecule has 0 saturated heterocycles. The van der Waals surface area contributed by atoms with Crippen molar-refractivity contribution in [2.24, 2.45) is 0 Å². The standard InChI is InChI=1S/C17H14ClF3N2/c18-15-6-5-13(17(19,20)21)7-11(15)8-22-9-12-10-23-16-4-2-1-3-14(12)16/h1-7,10,22-23H,8-9H2. The molecule has 0 aliphatic rings. The average molecular weight is 339 g/mol. The first-order chi connectivity index (χ1) is 10.9. The molecule has 0 atom stereocenters. The number of hydrogen-bond acceptors (Lipinski definition) is 1. The number of hydrogen-bond donors (Lipinski definition) is 2. The van der Waals surface area contributed by atoms with Crippen LogP contribution in [0.5, 0.6) is 0 Å². The first-order valence-electron chi connectivity index (χ1n) is 7.06. The number of benzene rings is 2. The van der Waals surface area contributed by atoms with E-state index < -0.39 is 11.7 Å². The van der Waals surface area contributed by atoms with Crippen LogP contribution in [0.2, 0.25) is 5.02 Å².